The predicted octanol–water partition coefficient (Wildman–Crippen LogP) is 6.59. The van der Waals surface area contributed by atoms with Crippen molar-refractivity contribution < 1.29 is 0 Å². The molecule has 2 aliphatic carbocycles. The van der Waals surface area contributed by atoms with E-state index in [2.05, 4.69) is 20.8 Å². The van der Waals surface area contributed by atoms with Gasteiger partial charge in [-0.3, -0.25) is 0 Å². The highest BCUT2D eigenvalue weighted by Crippen LogP contribution is 2.72. The van der Waals surface area contributed by atoms with Gasteiger partial charge in [-0.2, -0.15) is 0 Å². The van der Waals surface area contributed by atoms with E-state index in [-0.39, 0.29) is 0 Å². The van der Waals surface area contributed by atoms with E-state index >= 15 is 0 Å². The minimum Gasteiger partial charge on any atom is -0.0652 e. The van der Waals surface area contributed by atoms with Crippen LogP contribution < -0.4 is 0 Å². The molecule has 1 heteroatoms. The van der Waals surface area contributed by atoms with Crippen LogP contribution in [0.15, 0.2) is 0 Å². The number of fused-ring (bicyclic) bond motifs is 2. The standard InChI is InChI=1S/C19H38P/c1-4-7-12-20(13-8-5-2,14-9-6-3)19-16-17-10-11-18(19)15-17/h17-19H,4-16H2,1-3H3/q+1. The summed E-state index contributed by atoms with van der Waals surface area (Å²) in [7, 11) is -0.636. The molecule has 0 spiro atoms. The van der Waals surface area contributed by atoms with E-state index in [1.807, 2.05) is 0 Å². The van der Waals surface area contributed by atoms with Crippen LogP contribution in [0, 0.1) is 11.8 Å². The molecule has 0 nitrogen and oxygen atoms in total. The lowest BCUT2D eigenvalue weighted by atomic mass is 10.0. The first-order chi connectivity index (χ1) is 9.75. The van der Waals surface area contributed by atoms with Gasteiger partial charge in [-0.1, -0.05) is 40.0 Å². The molecule has 2 fully saturated rings. The first kappa shape index (κ1) is 16.8. The average molecular weight is 297 g/mol. The molecule has 0 aliphatic heterocycles. The molecule has 2 saturated carbocycles. The molecule has 0 N–H and O–H groups in total. The summed E-state index contributed by atoms with van der Waals surface area (Å²) < 4.78 is 0. The van der Waals surface area contributed by atoms with Gasteiger partial charge in [-0.05, 0) is 56.8 Å². The Morgan fingerprint density at radius 1 is 0.750 bits per heavy atom. The van der Waals surface area contributed by atoms with E-state index in [9.17, 15) is 0 Å². The average Bonchev–Trinajstić information content (AvgIpc) is 3.10. The van der Waals surface area contributed by atoms with Crippen molar-refractivity contribution in [3.8, 4) is 0 Å². The molecule has 20 heavy (non-hydrogen) atoms. The van der Waals surface area contributed by atoms with Crippen molar-refractivity contribution >= 4 is 7.26 Å². The molecular weight excluding hydrogens is 259 g/mol. The second-order valence-electron chi connectivity index (χ2n) is 7.69. The number of unbranched alkanes of at least 4 members (excludes halogenated alkanes) is 3. The monoisotopic (exact) mass is 297 g/mol. The van der Waals surface area contributed by atoms with Crippen LogP contribution in [0.3, 0.4) is 0 Å². The van der Waals surface area contributed by atoms with Gasteiger partial charge in [0.05, 0.1) is 24.1 Å². The Morgan fingerprint density at radius 3 is 1.65 bits per heavy atom. The third-order valence-electron chi connectivity index (χ3n) is 6.28. The van der Waals surface area contributed by atoms with Crippen LogP contribution in [0.5, 0.6) is 0 Å². The Balaban J connectivity index is 2.09. The van der Waals surface area contributed by atoms with Crippen molar-refractivity contribution in [1.82, 2.24) is 0 Å². The Morgan fingerprint density at radius 2 is 1.30 bits per heavy atom. The quantitative estimate of drug-likeness (QED) is 0.399. The smallest absolute Gasteiger partial charge is 0.0652 e. The van der Waals surface area contributed by atoms with Gasteiger partial charge in [0.25, 0.3) is 0 Å². The Labute approximate surface area is 128 Å². The fourth-order valence-corrected chi connectivity index (χ4v) is 11.5. The zero-order chi connectivity index (χ0) is 14.4. The molecule has 0 aromatic rings. The second kappa shape index (κ2) is 8.17. The van der Waals surface area contributed by atoms with E-state index in [4.69, 9.17) is 0 Å². The SMILES string of the molecule is CCCC[P+](CCCC)(CCCC)C1CC2CCC1C2. The van der Waals surface area contributed by atoms with Gasteiger partial charge in [0, 0.05) is 7.26 Å². The zero-order valence-electron chi connectivity index (χ0n) is 14.4. The maximum absolute atomic E-state index is 2.40. The molecule has 3 unspecified atom stereocenters. The summed E-state index contributed by atoms with van der Waals surface area (Å²) in [5.41, 5.74) is 1.21. The van der Waals surface area contributed by atoms with Crippen molar-refractivity contribution in [2.75, 3.05) is 18.5 Å². The molecule has 2 rings (SSSR count). The highest BCUT2D eigenvalue weighted by molar-refractivity contribution is 7.76. The van der Waals surface area contributed by atoms with Crippen molar-refractivity contribution in [2.24, 2.45) is 11.8 Å². The van der Waals surface area contributed by atoms with Crippen molar-refractivity contribution in [3.63, 3.8) is 0 Å². The van der Waals surface area contributed by atoms with Crippen molar-refractivity contribution in [1.29, 1.82) is 0 Å². The van der Waals surface area contributed by atoms with E-state index < -0.39 is 7.26 Å². The zero-order valence-corrected chi connectivity index (χ0v) is 15.3. The van der Waals surface area contributed by atoms with Crippen LogP contribution in [0.25, 0.3) is 0 Å². The highest BCUT2D eigenvalue weighted by Gasteiger charge is 2.54. The first-order valence-electron chi connectivity index (χ1n) is 9.61. The van der Waals surface area contributed by atoms with Gasteiger partial charge >= 0.3 is 0 Å². The molecule has 0 heterocycles. The molecule has 0 radical (unpaired) electrons. The first-order valence-corrected chi connectivity index (χ1v) is 12.0. The van der Waals surface area contributed by atoms with Crippen molar-refractivity contribution in [3.05, 3.63) is 0 Å². The van der Waals surface area contributed by atoms with E-state index in [1.54, 1.807) is 44.2 Å². The highest BCUT2D eigenvalue weighted by atomic mass is 31.2. The Kier molecular flexibility index (Phi) is 6.86. The molecule has 3 atom stereocenters. The molecule has 0 aromatic carbocycles. The topological polar surface area (TPSA) is 0 Å². The van der Waals surface area contributed by atoms with Gasteiger partial charge < -0.3 is 0 Å². The van der Waals surface area contributed by atoms with Crippen LogP contribution in [0.2, 0.25) is 0 Å². The lowest BCUT2D eigenvalue weighted by Crippen LogP contribution is -2.27. The van der Waals surface area contributed by atoms with Gasteiger partial charge in [0.2, 0.25) is 0 Å². The number of hydrogen-bond donors (Lipinski definition) is 0. The van der Waals surface area contributed by atoms with Crippen molar-refractivity contribution in [2.45, 2.75) is 90.6 Å². The summed E-state index contributed by atoms with van der Waals surface area (Å²) in [4.78, 5) is 0. The van der Waals surface area contributed by atoms with Crippen LogP contribution in [0.1, 0.15) is 85.0 Å². The normalized spacial score (nSPS) is 29.2. The van der Waals surface area contributed by atoms with Crippen LogP contribution in [-0.4, -0.2) is 24.1 Å². The Hall–Kier alpha value is 0.430. The largest absolute Gasteiger partial charge is 0.0728 e. The van der Waals surface area contributed by atoms with Gasteiger partial charge in [0.1, 0.15) is 0 Å². The summed E-state index contributed by atoms with van der Waals surface area (Å²) in [6, 6.07) is 0. The number of rotatable bonds is 10. The minimum absolute atomic E-state index is 0.636. The molecule has 118 valence electrons. The number of hydrogen-bond acceptors (Lipinski definition) is 0. The fourth-order valence-electron chi connectivity index (χ4n) is 5.13. The second-order valence-corrected chi connectivity index (χ2v) is 12.1. The third kappa shape index (κ3) is 3.79. The van der Waals surface area contributed by atoms with Crippen LogP contribution in [0.4, 0.5) is 0 Å². The van der Waals surface area contributed by atoms with Crippen LogP contribution in [-0.2, 0) is 0 Å². The third-order valence-corrected chi connectivity index (χ3v) is 11.9. The van der Waals surface area contributed by atoms with E-state index in [0.29, 0.717) is 0 Å². The summed E-state index contributed by atoms with van der Waals surface area (Å²) in [6.45, 7) is 7.19. The molecule has 0 aromatic heterocycles. The minimum atomic E-state index is -0.636. The lowest BCUT2D eigenvalue weighted by Gasteiger charge is -2.38. The molecule has 2 aliphatic rings. The van der Waals surface area contributed by atoms with Crippen LogP contribution >= 0.6 is 7.26 Å². The van der Waals surface area contributed by atoms with E-state index in [0.717, 1.165) is 5.92 Å². The maximum Gasteiger partial charge on any atom is 0.0728 e. The van der Waals surface area contributed by atoms with Gasteiger partial charge in [0.15, 0.2) is 0 Å². The summed E-state index contributed by atoms with van der Waals surface area (Å²) in [5.74, 6) is 2.31. The summed E-state index contributed by atoms with van der Waals surface area (Å²) >= 11 is 0. The fraction of sp³-hybridized carbons (Fsp3) is 1.00. The van der Waals surface area contributed by atoms with Gasteiger partial charge in [-0.15, -0.1) is 0 Å². The Bertz CT molecular complexity index is 251. The molecule has 0 amide bonds. The summed E-state index contributed by atoms with van der Waals surface area (Å²) in [5, 5.41) is 0. The molecule has 0 saturated heterocycles. The molecule has 2 bridgehead atoms. The maximum atomic E-state index is 2.40. The van der Waals surface area contributed by atoms with Gasteiger partial charge in [-0.25, -0.2) is 0 Å². The lowest BCUT2D eigenvalue weighted by molar-refractivity contribution is 0.481. The van der Waals surface area contributed by atoms with E-state index in [1.165, 1.54) is 50.1 Å². The predicted molar refractivity (Wildman–Crippen MR) is 95.5 cm³/mol. The summed E-state index contributed by atoms with van der Waals surface area (Å²) in [6.07, 6.45) is 20.2. The molecular formula is C19H38P+.